The van der Waals surface area contributed by atoms with Gasteiger partial charge in [0.25, 0.3) is 0 Å². The predicted molar refractivity (Wildman–Crippen MR) is 56.2 cm³/mol. The van der Waals surface area contributed by atoms with E-state index in [4.69, 9.17) is 4.74 Å². The van der Waals surface area contributed by atoms with Gasteiger partial charge in [0.15, 0.2) is 0 Å². The van der Waals surface area contributed by atoms with Crippen molar-refractivity contribution in [2.24, 2.45) is 0 Å². The zero-order chi connectivity index (χ0) is 11.5. The van der Waals surface area contributed by atoms with Gasteiger partial charge in [-0.25, -0.2) is 0 Å². The van der Waals surface area contributed by atoms with Gasteiger partial charge < -0.3 is 0 Å². The summed E-state index contributed by atoms with van der Waals surface area (Å²) in [7, 11) is 0. The second-order valence-corrected chi connectivity index (χ2v) is 4.39. The second kappa shape index (κ2) is 4.89. The van der Waals surface area contributed by atoms with Crippen molar-refractivity contribution in [3.63, 3.8) is 0 Å². The first-order valence-electron chi connectivity index (χ1n) is 4.90. The standard InChI is InChI=1S/C11H15NO2.W/c1-5-7-9-8(3)12-10(13)14-11(9,4)6-2;/h3,5,7H,6H2,1-2,4H3,(H,12,13);. The summed E-state index contributed by atoms with van der Waals surface area (Å²) in [4.78, 5) is 11.4. The van der Waals surface area contributed by atoms with Crippen molar-refractivity contribution in [2.45, 2.75) is 32.8 Å². The molecule has 1 aliphatic heterocycles. The zero-order valence-corrected chi connectivity index (χ0v) is 12.1. The Morgan fingerprint density at radius 2 is 2.27 bits per heavy atom. The maximum absolute atomic E-state index is 11.4. The summed E-state index contributed by atoms with van der Waals surface area (Å²) >= 11 is 1.31. The van der Waals surface area contributed by atoms with Gasteiger partial charge in [-0.05, 0) is 0 Å². The van der Waals surface area contributed by atoms with Crippen LogP contribution < -0.4 is 5.32 Å². The summed E-state index contributed by atoms with van der Waals surface area (Å²) in [5.74, 6) is 0. The van der Waals surface area contributed by atoms with Gasteiger partial charge in [0, 0.05) is 0 Å². The molecule has 1 unspecified atom stereocenters. The van der Waals surface area contributed by atoms with Crippen LogP contribution in [0.25, 0.3) is 0 Å². The van der Waals surface area contributed by atoms with Gasteiger partial charge in [-0.1, -0.05) is 0 Å². The summed E-state index contributed by atoms with van der Waals surface area (Å²) in [5.41, 5.74) is 1.42. The number of ether oxygens (including phenoxy) is 1. The second-order valence-electron chi connectivity index (χ2n) is 3.54. The van der Waals surface area contributed by atoms with Crippen molar-refractivity contribution >= 4 is 10.5 Å². The number of cyclic esters (lactones) is 1. The third-order valence-corrected chi connectivity index (χ3v) is 3.39. The molecule has 0 aliphatic carbocycles. The van der Waals surface area contributed by atoms with E-state index in [-0.39, 0.29) is 6.09 Å². The average molecular weight is 377 g/mol. The average Bonchev–Trinajstić information content (AvgIpc) is 2.22. The molecule has 3 nitrogen and oxygen atoms in total. The van der Waals surface area contributed by atoms with Crippen LogP contribution in [0.3, 0.4) is 0 Å². The molecular formula is C11H15NO2W. The molecule has 0 aromatic heterocycles. The molecule has 0 fully saturated rings. The third-order valence-electron chi connectivity index (χ3n) is 2.54. The fraction of sp³-hybridized carbons (Fsp3) is 0.455. The zero-order valence-electron chi connectivity index (χ0n) is 9.16. The molecule has 0 aromatic rings. The Labute approximate surface area is 101 Å². The fourth-order valence-electron chi connectivity index (χ4n) is 1.54. The van der Waals surface area contributed by atoms with Gasteiger partial charge in [0.2, 0.25) is 0 Å². The van der Waals surface area contributed by atoms with Gasteiger partial charge in [0.1, 0.15) is 0 Å². The Bertz CT molecular complexity index is 346. The van der Waals surface area contributed by atoms with Crippen molar-refractivity contribution in [3.8, 4) is 0 Å². The van der Waals surface area contributed by atoms with E-state index in [0.29, 0.717) is 0 Å². The van der Waals surface area contributed by atoms with Gasteiger partial charge in [0.05, 0.1) is 0 Å². The number of rotatable bonds is 3. The molecule has 4 heteroatoms. The first-order chi connectivity index (χ1) is 7.07. The molecule has 0 spiro atoms. The molecule has 1 rings (SSSR count). The van der Waals surface area contributed by atoms with E-state index in [2.05, 4.69) is 5.32 Å². The van der Waals surface area contributed by atoms with Gasteiger partial charge >= 0.3 is 101 Å². The quantitative estimate of drug-likeness (QED) is 0.818. The van der Waals surface area contributed by atoms with E-state index in [0.717, 1.165) is 17.7 Å². The minimum atomic E-state index is -0.504. The van der Waals surface area contributed by atoms with Crippen LogP contribution in [0.5, 0.6) is 0 Å². The van der Waals surface area contributed by atoms with Crippen LogP contribution in [0, 0.1) is 0 Å². The van der Waals surface area contributed by atoms with Crippen LogP contribution in [0.4, 0.5) is 4.79 Å². The van der Waals surface area contributed by atoms with E-state index >= 15 is 0 Å². The van der Waals surface area contributed by atoms with Crippen LogP contribution in [-0.4, -0.2) is 16.1 Å². The Kier molecular flexibility index (Phi) is 4.03. The minimum absolute atomic E-state index is 0.361. The number of hydrogen-bond acceptors (Lipinski definition) is 2. The van der Waals surface area contributed by atoms with Gasteiger partial charge in [-0.2, -0.15) is 0 Å². The molecule has 1 atom stereocenters. The molecule has 0 saturated carbocycles. The molecule has 15 heavy (non-hydrogen) atoms. The maximum atomic E-state index is 11.4. The van der Waals surface area contributed by atoms with Crippen molar-refractivity contribution < 1.29 is 28.9 Å². The summed E-state index contributed by atoms with van der Waals surface area (Å²) < 4.78 is 7.33. The van der Waals surface area contributed by atoms with Crippen LogP contribution in [0.1, 0.15) is 27.2 Å². The van der Waals surface area contributed by atoms with Crippen LogP contribution in [-0.2, 0) is 24.1 Å². The molecule has 0 bridgehead atoms. The Hall–Kier alpha value is -0.692. The number of nitrogens with one attached hydrogen (secondary N) is 1. The monoisotopic (exact) mass is 377 g/mol. The third kappa shape index (κ3) is 2.46. The molecule has 0 radical (unpaired) electrons. The van der Waals surface area contributed by atoms with E-state index < -0.39 is 5.60 Å². The normalized spacial score (nSPS) is 26.5. The van der Waals surface area contributed by atoms with Gasteiger partial charge in [-0.3, -0.25) is 0 Å². The van der Waals surface area contributed by atoms with Crippen molar-refractivity contribution in [1.82, 2.24) is 5.32 Å². The van der Waals surface area contributed by atoms with E-state index in [1.807, 2.05) is 37.3 Å². The molecule has 82 valence electrons. The Morgan fingerprint density at radius 3 is 2.73 bits per heavy atom. The molecule has 1 amide bonds. The number of allylic oxidation sites excluding steroid dienone is 2. The molecule has 1 aliphatic rings. The first-order valence-corrected chi connectivity index (χ1v) is 6.59. The number of alkyl carbamates (subject to hydrolysis) is 1. The van der Waals surface area contributed by atoms with E-state index in [1.54, 1.807) is 0 Å². The summed E-state index contributed by atoms with van der Waals surface area (Å²) in [5, 5.41) is 2.72. The number of carbonyl (C=O) groups excluding carboxylic acids is 1. The summed E-state index contributed by atoms with van der Waals surface area (Å²) in [6.45, 7) is 5.92. The SMILES string of the molecule is CC=CC1=C([CH]=[W])NC(=O)OC1(C)CC. The molecular weight excluding hydrogens is 362 g/mol. The number of carbonyl (C=O) groups is 1. The number of amides is 1. The van der Waals surface area contributed by atoms with Crippen LogP contribution in [0.2, 0.25) is 0 Å². The van der Waals surface area contributed by atoms with Crippen molar-refractivity contribution in [2.75, 3.05) is 0 Å². The predicted octanol–water partition coefficient (Wildman–Crippen LogP) is 2.07. The fourth-order valence-corrected chi connectivity index (χ4v) is 2.20. The van der Waals surface area contributed by atoms with E-state index in [9.17, 15) is 4.79 Å². The number of hydrogen-bond donors (Lipinski definition) is 1. The molecule has 1 N–H and O–H groups in total. The molecule has 0 aromatic carbocycles. The molecule has 1 heterocycles. The Balaban J connectivity index is 3.26. The molecule has 0 saturated heterocycles. The summed E-state index contributed by atoms with van der Waals surface area (Å²) in [6, 6.07) is 0. The first kappa shape index (κ1) is 12.4. The Morgan fingerprint density at radius 1 is 1.60 bits per heavy atom. The van der Waals surface area contributed by atoms with Crippen molar-refractivity contribution in [3.05, 3.63) is 23.4 Å². The van der Waals surface area contributed by atoms with Crippen LogP contribution >= 0.6 is 0 Å². The van der Waals surface area contributed by atoms with Crippen LogP contribution in [0.15, 0.2) is 23.4 Å². The van der Waals surface area contributed by atoms with E-state index in [1.165, 1.54) is 19.4 Å². The topological polar surface area (TPSA) is 38.3 Å². The summed E-state index contributed by atoms with van der Waals surface area (Å²) in [6.07, 6.45) is 4.37. The van der Waals surface area contributed by atoms with Gasteiger partial charge in [-0.15, -0.1) is 0 Å². The van der Waals surface area contributed by atoms with Crippen molar-refractivity contribution in [1.29, 1.82) is 0 Å².